The molecule has 220 valence electrons. The van der Waals surface area contributed by atoms with Gasteiger partial charge in [-0.2, -0.15) is 0 Å². The van der Waals surface area contributed by atoms with Gasteiger partial charge in [0.25, 0.3) is 0 Å². The molecule has 0 heterocycles. The van der Waals surface area contributed by atoms with Crippen LogP contribution in [0.3, 0.4) is 0 Å². The van der Waals surface area contributed by atoms with E-state index in [4.69, 9.17) is 14.2 Å². The minimum absolute atomic E-state index is 0. The van der Waals surface area contributed by atoms with Crippen molar-refractivity contribution in [1.82, 2.24) is 0 Å². The summed E-state index contributed by atoms with van der Waals surface area (Å²) in [6, 6.07) is 9.20. The van der Waals surface area contributed by atoms with E-state index in [1.807, 2.05) is 26.0 Å². The molecule has 0 saturated heterocycles. The summed E-state index contributed by atoms with van der Waals surface area (Å²) in [5, 5.41) is 9.86. The lowest BCUT2D eigenvalue weighted by Gasteiger charge is -2.17. The molecule has 0 aliphatic carbocycles. The van der Waals surface area contributed by atoms with Gasteiger partial charge in [0.05, 0.1) is 33.0 Å². The normalized spacial score (nSPS) is 10.9. The third-order valence-corrected chi connectivity index (χ3v) is 9.22. The number of aryl methyl sites for hydroxylation is 3. The Bertz CT molecular complexity index is 966. The minimum Gasteiger partial charge on any atom is -0.507 e. The molecule has 0 atom stereocenters. The van der Waals surface area contributed by atoms with Crippen LogP contribution in [0.1, 0.15) is 44.8 Å². The molecule has 0 amide bonds. The maximum absolute atomic E-state index is 11.7. The van der Waals surface area contributed by atoms with E-state index < -0.39 is 22.1 Å². The lowest BCUT2D eigenvalue weighted by molar-refractivity contribution is 0.0588. The van der Waals surface area contributed by atoms with Gasteiger partial charge in [0, 0.05) is 22.2 Å². The fourth-order valence-electron chi connectivity index (χ4n) is 3.57. The van der Waals surface area contributed by atoms with E-state index in [0.29, 0.717) is 23.5 Å². The fourth-order valence-corrected chi connectivity index (χ4v) is 5.00. The lowest BCUT2D eigenvalue weighted by atomic mass is 10.0. The summed E-state index contributed by atoms with van der Waals surface area (Å²) in [6.45, 7) is 20.7. The van der Waals surface area contributed by atoms with Crippen LogP contribution in [0.25, 0.3) is 0 Å². The molecule has 0 unspecified atom stereocenters. The molecule has 0 radical (unpaired) electrons. The van der Waals surface area contributed by atoms with Gasteiger partial charge in [-0.05, 0) is 67.7 Å². The van der Waals surface area contributed by atoms with Crippen LogP contribution >= 0.6 is 0 Å². The molecule has 7 nitrogen and oxygen atoms in total. The van der Waals surface area contributed by atoms with Gasteiger partial charge in [0.15, 0.2) is 0 Å². The summed E-state index contributed by atoms with van der Waals surface area (Å²) in [6.07, 6.45) is 0. The van der Waals surface area contributed by atoms with Gasteiger partial charge in [-0.3, -0.25) is 0 Å². The Balaban J connectivity index is 0.000000722. The largest absolute Gasteiger partial charge is 0.507 e. The van der Waals surface area contributed by atoms with Gasteiger partial charge in [-0.1, -0.05) is 46.7 Å². The Kier molecular flexibility index (Phi) is 14.6. The number of hydrogen-bond acceptors (Lipinski definition) is 7. The lowest BCUT2D eigenvalue weighted by Crippen LogP contribution is -2.22. The molecule has 39 heavy (non-hydrogen) atoms. The first kappa shape index (κ1) is 36.2. The molecule has 0 fully saturated rings. The van der Waals surface area contributed by atoms with Crippen molar-refractivity contribution in [3.05, 3.63) is 52.1 Å². The van der Waals surface area contributed by atoms with Crippen LogP contribution in [0.5, 0.6) is 17.2 Å². The zero-order valence-corrected chi connectivity index (χ0v) is 27.0. The van der Waals surface area contributed by atoms with Crippen LogP contribution in [-0.2, 0) is 9.47 Å². The van der Waals surface area contributed by atoms with E-state index in [2.05, 4.69) is 44.0 Å². The summed E-state index contributed by atoms with van der Waals surface area (Å²) >= 11 is 0. The van der Waals surface area contributed by atoms with E-state index >= 15 is 0 Å². The monoisotopic (exact) mass is 578 g/mol. The van der Waals surface area contributed by atoms with Crippen LogP contribution in [-0.4, -0.2) is 60.6 Å². The van der Waals surface area contributed by atoms with Gasteiger partial charge < -0.3 is 24.1 Å². The highest BCUT2D eigenvalue weighted by Crippen LogP contribution is 2.28. The maximum Gasteiger partial charge on any atom is 0.341 e. The number of methoxy groups -OCH3 is 2. The molecule has 2 aromatic rings. The zero-order chi connectivity index (χ0) is 29.3. The number of ether oxygens (including phenoxy) is 4. The highest BCUT2D eigenvalue weighted by atomic mass is 28.3. The van der Waals surface area contributed by atoms with Gasteiger partial charge in [-0.25, -0.2) is 9.59 Å². The SMILES string of the molecule is C.COC(=O)c1c(C)cc(OCC[Si](C)(C)C)cc1C.COC(=O)c1c(C)cc(OCC[Si](C)(C)C)cc1O. The Morgan fingerprint density at radius 2 is 1.00 bits per heavy atom. The van der Waals surface area contributed by atoms with Crippen LogP contribution in [0.2, 0.25) is 51.4 Å². The molecule has 2 aromatic carbocycles. The molecule has 0 saturated carbocycles. The van der Waals surface area contributed by atoms with E-state index in [1.54, 1.807) is 13.0 Å². The first-order valence-electron chi connectivity index (χ1n) is 12.9. The minimum atomic E-state index is -1.13. The number of carbonyl (C=O) groups is 2. The topological polar surface area (TPSA) is 91.3 Å². The standard InChI is InChI=1S/C15H24O3Si.C14H22O4Si.CH4/c1-11-9-13(18-7-8-19(4,5)6)10-12(2)14(11)15(16)17-3;1-10-8-11(18-6-7-19(3,4)5)9-12(15)13(10)14(16)17-2;/h9-10H,7-8H2,1-6H3;8-9,15H,6-7H2,1-5H3;1H4. The van der Waals surface area contributed by atoms with Crippen molar-refractivity contribution in [2.45, 2.75) is 79.6 Å². The van der Waals surface area contributed by atoms with Crippen molar-refractivity contribution < 1.29 is 33.6 Å². The van der Waals surface area contributed by atoms with E-state index in [0.717, 1.165) is 35.6 Å². The number of esters is 2. The van der Waals surface area contributed by atoms with Crippen LogP contribution < -0.4 is 9.47 Å². The van der Waals surface area contributed by atoms with Crippen molar-refractivity contribution in [3.8, 4) is 17.2 Å². The first-order chi connectivity index (χ1) is 17.5. The second kappa shape index (κ2) is 15.7. The molecule has 0 aliphatic heterocycles. The van der Waals surface area contributed by atoms with Crippen molar-refractivity contribution in [3.63, 3.8) is 0 Å². The summed E-state index contributed by atoms with van der Waals surface area (Å²) in [5.74, 6) is 0.490. The van der Waals surface area contributed by atoms with Gasteiger partial charge >= 0.3 is 11.9 Å². The number of carbonyl (C=O) groups excluding carboxylic acids is 2. The molecular weight excluding hydrogens is 528 g/mol. The molecule has 1 N–H and O–H groups in total. The van der Waals surface area contributed by atoms with Gasteiger partial charge in [-0.15, -0.1) is 0 Å². The van der Waals surface area contributed by atoms with Gasteiger partial charge in [0.2, 0.25) is 0 Å². The summed E-state index contributed by atoms with van der Waals surface area (Å²) in [5.41, 5.74) is 3.28. The van der Waals surface area contributed by atoms with Crippen molar-refractivity contribution in [2.24, 2.45) is 0 Å². The number of phenolic OH excluding ortho intramolecular Hbond substituents is 1. The molecule has 0 aliphatic rings. The zero-order valence-electron chi connectivity index (χ0n) is 25.0. The smallest absolute Gasteiger partial charge is 0.341 e. The Morgan fingerprint density at radius 3 is 1.33 bits per heavy atom. The third kappa shape index (κ3) is 12.7. The van der Waals surface area contributed by atoms with Crippen molar-refractivity contribution >= 4 is 28.1 Å². The van der Waals surface area contributed by atoms with E-state index in [-0.39, 0.29) is 24.7 Å². The number of phenols is 1. The number of benzene rings is 2. The van der Waals surface area contributed by atoms with Crippen LogP contribution in [0.15, 0.2) is 24.3 Å². The summed E-state index contributed by atoms with van der Waals surface area (Å²) in [4.78, 5) is 23.1. The molecule has 0 bridgehead atoms. The van der Waals surface area contributed by atoms with Crippen molar-refractivity contribution in [1.29, 1.82) is 0 Å². The molecule has 0 aromatic heterocycles. The summed E-state index contributed by atoms with van der Waals surface area (Å²) in [7, 11) is 0.487. The predicted molar refractivity (Wildman–Crippen MR) is 165 cm³/mol. The van der Waals surface area contributed by atoms with Crippen LogP contribution in [0, 0.1) is 20.8 Å². The summed E-state index contributed by atoms with van der Waals surface area (Å²) < 4.78 is 20.8. The van der Waals surface area contributed by atoms with E-state index in [9.17, 15) is 14.7 Å². The average molecular weight is 579 g/mol. The third-order valence-electron chi connectivity index (χ3n) is 5.82. The fraction of sp³-hybridized carbons (Fsp3) is 0.533. The second-order valence-corrected chi connectivity index (χ2v) is 23.1. The number of aromatic hydroxyl groups is 1. The van der Waals surface area contributed by atoms with Crippen molar-refractivity contribution in [2.75, 3.05) is 27.4 Å². The predicted octanol–water partition coefficient (Wildman–Crippen LogP) is 7.65. The molecular formula is C30H50O7Si2. The van der Waals surface area contributed by atoms with Crippen LogP contribution in [0.4, 0.5) is 0 Å². The Hall–Kier alpha value is -2.79. The quantitative estimate of drug-likeness (QED) is 0.229. The highest BCUT2D eigenvalue weighted by Gasteiger charge is 2.18. The Morgan fingerprint density at radius 1 is 0.667 bits per heavy atom. The van der Waals surface area contributed by atoms with E-state index in [1.165, 1.54) is 20.3 Å². The average Bonchev–Trinajstić information content (AvgIpc) is 2.76. The highest BCUT2D eigenvalue weighted by molar-refractivity contribution is 6.76. The maximum atomic E-state index is 11.7. The molecule has 2 rings (SSSR count). The first-order valence-corrected chi connectivity index (χ1v) is 20.3. The molecule has 0 spiro atoms. The Labute approximate surface area is 237 Å². The number of rotatable bonds is 10. The number of hydrogen-bond donors (Lipinski definition) is 1. The molecule has 9 heteroatoms. The van der Waals surface area contributed by atoms with Gasteiger partial charge in [0.1, 0.15) is 22.8 Å². The second-order valence-electron chi connectivity index (χ2n) is 11.9.